The number of ether oxygens (including phenoxy) is 1. The van der Waals surface area contributed by atoms with Crippen molar-refractivity contribution in [1.82, 2.24) is 14.9 Å². The molecule has 3 aliphatic heterocycles. The number of hydrogen-bond acceptors (Lipinski definition) is 10. The lowest BCUT2D eigenvalue weighted by atomic mass is 10.1. The number of fused-ring (bicyclic) bond motifs is 1. The molecule has 1 aromatic heterocycles. The van der Waals surface area contributed by atoms with Gasteiger partial charge in [-0.3, -0.25) is 19.6 Å². The van der Waals surface area contributed by atoms with E-state index in [4.69, 9.17) is 10.5 Å². The number of piperidine rings is 1. The van der Waals surface area contributed by atoms with Gasteiger partial charge in [0.05, 0.1) is 6.61 Å². The molecule has 5 atom stereocenters. The minimum atomic E-state index is -1.27. The number of H-pyrrole nitrogens is 1. The van der Waals surface area contributed by atoms with Gasteiger partial charge in [0, 0.05) is 13.1 Å². The number of rotatable bonds is 3. The van der Waals surface area contributed by atoms with E-state index in [2.05, 4.69) is 20.2 Å². The molecule has 2 saturated heterocycles. The fourth-order valence-corrected chi connectivity index (χ4v) is 3.91. The second-order valence-electron chi connectivity index (χ2n) is 6.90. The second-order valence-corrected chi connectivity index (χ2v) is 6.90. The molecule has 4 rings (SSSR count). The van der Waals surface area contributed by atoms with Crippen LogP contribution in [-0.2, 0) is 4.74 Å². The average Bonchev–Trinajstić information content (AvgIpc) is 3.14. The standard InChI is InChI=1S/C15H24N6O5/c16-14-18-11-8(12(25)19-14)17-15(20-4-2-1-3-5-20)21(11)13-10(24)9(23)7(6-22)26-13/h7,9-10,13,15,17,22-24H,1-6H2,(H3,16,18,19,25)/t7-,9+,10-,13-,15+/m1/s1. The van der Waals surface area contributed by atoms with Gasteiger partial charge in [0.1, 0.15) is 24.0 Å². The molecule has 3 aliphatic rings. The van der Waals surface area contributed by atoms with Gasteiger partial charge in [-0.2, -0.15) is 4.98 Å². The average molecular weight is 368 g/mol. The largest absolute Gasteiger partial charge is 0.394 e. The third-order valence-electron chi connectivity index (χ3n) is 5.23. The fourth-order valence-electron chi connectivity index (χ4n) is 3.91. The molecule has 2 fully saturated rings. The van der Waals surface area contributed by atoms with Crippen LogP contribution in [0.1, 0.15) is 19.3 Å². The van der Waals surface area contributed by atoms with E-state index in [1.807, 2.05) is 0 Å². The van der Waals surface area contributed by atoms with Crippen molar-refractivity contribution in [3.8, 4) is 0 Å². The van der Waals surface area contributed by atoms with Crippen molar-refractivity contribution in [1.29, 1.82) is 0 Å². The molecule has 0 saturated carbocycles. The minimum Gasteiger partial charge on any atom is -0.394 e. The van der Waals surface area contributed by atoms with Crippen LogP contribution in [0.2, 0.25) is 0 Å². The van der Waals surface area contributed by atoms with Crippen LogP contribution in [0.15, 0.2) is 4.79 Å². The number of aliphatic hydroxyl groups is 3. The van der Waals surface area contributed by atoms with E-state index in [0.717, 1.165) is 32.4 Å². The molecule has 11 heteroatoms. The Morgan fingerprint density at radius 3 is 2.62 bits per heavy atom. The van der Waals surface area contributed by atoms with Gasteiger partial charge in [-0.1, -0.05) is 6.42 Å². The molecule has 0 amide bonds. The topological polar surface area (TPSA) is 160 Å². The number of anilines is 3. The summed E-state index contributed by atoms with van der Waals surface area (Å²) in [5, 5.41) is 33.1. The highest BCUT2D eigenvalue weighted by molar-refractivity contribution is 5.72. The Labute approximate surface area is 149 Å². The molecule has 0 radical (unpaired) electrons. The first-order valence-corrected chi connectivity index (χ1v) is 8.82. The quantitative estimate of drug-likeness (QED) is 0.345. The van der Waals surface area contributed by atoms with Crippen molar-refractivity contribution in [2.75, 3.05) is 35.6 Å². The smallest absolute Gasteiger partial charge is 0.277 e. The fraction of sp³-hybridized carbons (Fsp3) is 0.733. The number of aliphatic hydroxyl groups excluding tert-OH is 3. The summed E-state index contributed by atoms with van der Waals surface area (Å²) in [5.41, 5.74) is 5.53. The van der Waals surface area contributed by atoms with E-state index in [9.17, 15) is 20.1 Å². The monoisotopic (exact) mass is 368 g/mol. The van der Waals surface area contributed by atoms with Crippen LogP contribution in [0, 0.1) is 0 Å². The predicted octanol–water partition coefficient (Wildman–Crippen LogP) is -2.21. The van der Waals surface area contributed by atoms with Crippen LogP contribution >= 0.6 is 0 Å². The lowest BCUT2D eigenvalue weighted by Gasteiger charge is -2.40. The maximum Gasteiger partial charge on any atom is 0.277 e. The van der Waals surface area contributed by atoms with Crippen LogP contribution in [-0.4, -0.2) is 80.7 Å². The van der Waals surface area contributed by atoms with Crippen LogP contribution in [0.5, 0.6) is 0 Å². The Balaban J connectivity index is 1.74. The molecule has 26 heavy (non-hydrogen) atoms. The van der Waals surface area contributed by atoms with Gasteiger partial charge in [-0.15, -0.1) is 0 Å². The molecular weight excluding hydrogens is 344 g/mol. The van der Waals surface area contributed by atoms with Crippen molar-refractivity contribution < 1.29 is 20.1 Å². The maximum absolute atomic E-state index is 12.3. The maximum atomic E-state index is 12.3. The zero-order chi connectivity index (χ0) is 18.4. The molecule has 144 valence electrons. The number of nitrogens with two attached hydrogens (primary N) is 1. The summed E-state index contributed by atoms with van der Waals surface area (Å²) in [6.07, 6.45) is -1.70. The van der Waals surface area contributed by atoms with Crippen LogP contribution in [0.4, 0.5) is 17.5 Å². The van der Waals surface area contributed by atoms with Crippen molar-refractivity contribution >= 4 is 17.5 Å². The van der Waals surface area contributed by atoms with E-state index in [-0.39, 0.29) is 17.5 Å². The molecule has 0 spiro atoms. The van der Waals surface area contributed by atoms with Crippen LogP contribution < -0.4 is 21.5 Å². The van der Waals surface area contributed by atoms with Crippen LogP contribution in [0.3, 0.4) is 0 Å². The number of aromatic nitrogens is 2. The van der Waals surface area contributed by atoms with Crippen molar-refractivity contribution in [2.45, 2.75) is 50.1 Å². The van der Waals surface area contributed by atoms with E-state index in [0.29, 0.717) is 0 Å². The molecule has 0 unspecified atom stereocenters. The number of nitrogens with zero attached hydrogens (tertiary/aromatic N) is 3. The van der Waals surface area contributed by atoms with E-state index >= 15 is 0 Å². The molecule has 1 aromatic rings. The summed E-state index contributed by atoms with van der Waals surface area (Å²) in [5.74, 6) is 0.211. The predicted molar refractivity (Wildman–Crippen MR) is 92.3 cm³/mol. The highest BCUT2D eigenvalue weighted by atomic mass is 16.6. The van der Waals surface area contributed by atoms with Gasteiger partial charge >= 0.3 is 0 Å². The minimum absolute atomic E-state index is 0.0495. The zero-order valence-corrected chi connectivity index (χ0v) is 14.2. The van der Waals surface area contributed by atoms with Gasteiger partial charge < -0.3 is 31.1 Å². The first kappa shape index (κ1) is 17.5. The second kappa shape index (κ2) is 6.67. The van der Waals surface area contributed by atoms with E-state index < -0.39 is 43.0 Å². The Morgan fingerprint density at radius 2 is 1.96 bits per heavy atom. The lowest BCUT2D eigenvalue weighted by Crippen LogP contribution is -2.58. The first-order chi connectivity index (χ1) is 12.5. The van der Waals surface area contributed by atoms with Crippen molar-refractivity contribution in [2.24, 2.45) is 0 Å². The van der Waals surface area contributed by atoms with Crippen molar-refractivity contribution in [3.63, 3.8) is 0 Å². The zero-order valence-electron chi connectivity index (χ0n) is 14.2. The SMILES string of the molecule is Nc1nc2c(c(=O)[nH]1)N[C@@H](N1CCCCC1)N2[C@@H]1O[C@H](CO)[C@H](O)[C@H]1O. The molecule has 11 nitrogen and oxygen atoms in total. The first-order valence-electron chi connectivity index (χ1n) is 8.82. The highest BCUT2D eigenvalue weighted by Crippen LogP contribution is 2.38. The molecule has 0 bridgehead atoms. The van der Waals surface area contributed by atoms with Gasteiger partial charge in [0.15, 0.2) is 18.3 Å². The van der Waals surface area contributed by atoms with E-state index in [1.54, 1.807) is 4.90 Å². The highest BCUT2D eigenvalue weighted by Gasteiger charge is 2.51. The summed E-state index contributed by atoms with van der Waals surface area (Å²) in [4.78, 5) is 22.8. The molecule has 0 aliphatic carbocycles. The van der Waals surface area contributed by atoms with Gasteiger partial charge in [-0.05, 0) is 12.8 Å². The summed E-state index contributed by atoms with van der Waals surface area (Å²) < 4.78 is 5.69. The molecule has 0 aromatic carbocycles. The number of hydrogen-bond donors (Lipinski definition) is 6. The summed E-state index contributed by atoms with van der Waals surface area (Å²) >= 11 is 0. The molecule has 7 N–H and O–H groups in total. The Bertz CT molecular complexity index is 723. The van der Waals surface area contributed by atoms with Gasteiger partial charge in [0.25, 0.3) is 5.56 Å². The third kappa shape index (κ3) is 2.72. The molecule has 4 heterocycles. The summed E-state index contributed by atoms with van der Waals surface area (Å²) in [6, 6.07) is 0. The number of likely N-dealkylation sites (tertiary alicyclic amines) is 1. The normalized spacial score (nSPS) is 34.7. The Hall–Kier alpha value is -1.92. The van der Waals surface area contributed by atoms with E-state index in [1.165, 1.54) is 0 Å². The lowest BCUT2D eigenvalue weighted by molar-refractivity contribution is -0.0294. The number of nitrogen functional groups attached to an aromatic ring is 1. The third-order valence-corrected chi connectivity index (χ3v) is 5.23. The molecular formula is C15H24N6O5. The van der Waals surface area contributed by atoms with Gasteiger partial charge in [-0.25, -0.2) is 0 Å². The summed E-state index contributed by atoms with van der Waals surface area (Å²) in [6.45, 7) is 1.19. The van der Waals surface area contributed by atoms with Crippen molar-refractivity contribution in [3.05, 3.63) is 10.4 Å². The number of aromatic amines is 1. The van der Waals surface area contributed by atoms with Crippen LogP contribution in [0.25, 0.3) is 0 Å². The Kier molecular flexibility index (Phi) is 4.49. The Morgan fingerprint density at radius 1 is 1.23 bits per heavy atom. The summed E-state index contributed by atoms with van der Waals surface area (Å²) in [7, 11) is 0. The van der Waals surface area contributed by atoms with Gasteiger partial charge in [0.2, 0.25) is 5.95 Å². The number of nitrogens with one attached hydrogen (secondary N) is 2.